The highest BCUT2D eigenvalue weighted by molar-refractivity contribution is 7.91. The Morgan fingerprint density at radius 3 is 2.83 bits per heavy atom. The number of aromatic amines is 1. The Balaban J connectivity index is 2.11. The third-order valence-electron chi connectivity index (χ3n) is 3.09. The van der Waals surface area contributed by atoms with Gasteiger partial charge in [0.15, 0.2) is 0 Å². The van der Waals surface area contributed by atoms with Gasteiger partial charge in [-0.15, -0.1) is 0 Å². The summed E-state index contributed by atoms with van der Waals surface area (Å²) in [5.41, 5.74) is 2.01. The summed E-state index contributed by atoms with van der Waals surface area (Å²) in [7, 11) is -2.89. The van der Waals surface area contributed by atoms with Crippen LogP contribution < -0.4 is 0 Å². The highest BCUT2D eigenvalue weighted by atomic mass is 32.2. The Morgan fingerprint density at radius 1 is 1.33 bits per heavy atom. The number of rotatable bonds is 5. The van der Waals surface area contributed by atoms with Crippen molar-refractivity contribution in [2.24, 2.45) is 0 Å². The maximum absolute atomic E-state index is 11.4. The van der Waals surface area contributed by atoms with Gasteiger partial charge in [0.1, 0.15) is 15.6 Å². The van der Waals surface area contributed by atoms with E-state index in [-0.39, 0.29) is 17.3 Å². The van der Waals surface area contributed by atoms with Crippen LogP contribution in [0, 0.1) is 0 Å². The molecule has 0 fully saturated rings. The van der Waals surface area contributed by atoms with Crippen molar-refractivity contribution in [2.45, 2.75) is 19.8 Å². The molecule has 18 heavy (non-hydrogen) atoms. The van der Waals surface area contributed by atoms with Crippen LogP contribution in [0.1, 0.15) is 18.9 Å². The minimum atomic E-state index is -2.89. The second kappa shape index (κ2) is 5.02. The molecule has 0 aliphatic rings. The molecule has 0 radical (unpaired) electrons. The Bertz CT molecular complexity index is 643. The first-order valence-electron chi connectivity index (χ1n) is 6.01. The summed E-state index contributed by atoms with van der Waals surface area (Å²) >= 11 is 0. The summed E-state index contributed by atoms with van der Waals surface area (Å²) in [6.45, 7) is 1.67. The van der Waals surface area contributed by atoms with Gasteiger partial charge in [-0.05, 0) is 36.6 Å². The number of aromatic nitrogens is 1. The number of H-pyrrole nitrogens is 1. The molecule has 1 heterocycles. The zero-order valence-corrected chi connectivity index (χ0v) is 11.1. The first-order chi connectivity index (χ1) is 8.52. The molecule has 0 spiro atoms. The van der Waals surface area contributed by atoms with Crippen molar-refractivity contribution in [2.75, 3.05) is 11.5 Å². The largest absolute Gasteiger partial charge is 0.508 e. The van der Waals surface area contributed by atoms with Gasteiger partial charge in [-0.25, -0.2) is 8.42 Å². The average Bonchev–Trinajstić information content (AvgIpc) is 2.72. The zero-order valence-electron chi connectivity index (χ0n) is 10.3. The molecular formula is C13H17NO3S. The number of aryl methyl sites for hydroxylation is 1. The third-order valence-corrected chi connectivity index (χ3v) is 4.88. The first-order valence-corrected chi connectivity index (χ1v) is 7.83. The van der Waals surface area contributed by atoms with Crippen molar-refractivity contribution in [3.63, 3.8) is 0 Å². The van der Waals surface area contributed by atoms with Crippen LogP contribution in [0.2, 0.25) is 0 Å². The smallest absolute Gasteiger partial charge is 0.150 e. The van der Waals surface area contributed by atoms with Crippen molar-refractivity contribution in [3.05, 3.63) is 30.0 Å². The van der Waals surface area contributed by atoms with Crippen molar-refractivity contribution in [1.82, 2.24) is 4.98 Å². The summed E-state index contributed by atoms with van der Waals surface area (Å²) < 4.78 is 22.8. The summed E-state index contributed by atoms with van der Waals surface area (Å²) in [5.74, 6) is 0.640. The van der Waals surface area contributed by atoms with Gasteiger partial charge in [0.05, 0.1) is 5.75 Å². The molecule has 0 amide bonds. The zero-order chi connectivity index (χ0) is 13.2. The van der Waals surface area contributed by atoms with Crippen molar-refractivity contribution in [1.29, 1.82) is 0 Å². The highest BCUT2D eigenvalue weighted by Crippen LogP contribution is 2.23. The molecule has 4 nitrogen and oxygen atoms in total. The molecule has 2 aromatic rings. The molecule has 0 saturated heterocycles. The van der Waals surface area contributed by atoms with E-state index >= 15 is 0 Å². The minimum Gasteiger partial charge on any atom is -0.508 e. The fraction of sp³-hybridized carbons (Fsp3) is 0.385. The topological polar surface area (TPSA) is 70.2 Å². The first kappa shape index (κ1) is 13.0. The van der Waals surface area contributed by atoms with Crippen LogP contribution in [0.15, 0.2) is 24.4 Å². The van der Waals surface area contributed by atoms with E-state index in [0.29, 0.717) is 12.8 Å². The van der Waals surface area contributed by atoms with Crippen LogP contribution in [0.3, 0.4) is 0 Å². The summed E-state index contributed by atoms with van der Waals surface area (Å²) in [4.78, 5) is 3.12. The normalized spacial score (nSPS) is 12.1. The van der Waals surface area contributed by atoms with Gasteiger partial charge >= 0.3 is 0 Å². The molecule has 0 atom stereocenters. The predicted molar refractivity (Wildman–Crippen MR) is 72.6 cm³/mol. The van der Waals surface area contributed by atoms with Crippen LogP contribution in [-0.2, 0) is 16.3 Å². The van der Waals surface area contributed by atoms with Gasteiger partial charge in [-0.1, -0.05) is 6.92 Å². The molecular weight excluding hydrogens is 250 g/mol. The maximum atomic E-state index is 11.4. The van der Waals surface area contributed by atoms with Crippen LogP contribution in [0.4, 0.5) is 0 Å². The summed E-state index contributed by atoms with van der Waals surface area (Å²) in [6, 6.07) is 5.15. The van der Waals surface area contributed by atoms with E-state index in [0.717, 1.165) is 16.5 Å². The van der Waals surface area contributed by atoms with Gasteiger partial charge in [0.2, 0.25) is 0 Å². The van der Waals surface area contributed by atoms with Crippen molar-refractivity contribution >= 4 is 20.7 Å². The van der Waals surface area contributed by atoms with Gasteiger partial charge in [-0.2, -0.15) is 0 Å². The lowest BCUT2D eigenvalue weighted by Crippen LogP contribution is -2.09. The Hall–Kier alpha value is -1.49. The molecule has 2 rings (SSSR count). The molecule has 0 bridgehead atoms. The number of sulfone groups is 1. The number of benzene rings is 1. The number of nitrogens with one attached hydrogen (secondary N) is 1. The molecule has 2 N–H and O–H groups in total. The molecule has 1 aromatic carbocycles. The quantitative estimate of drug-likeness (QED) is 0.872. The standard InChI is InChI=1S/C13H17NO3S/c1-2-18(16,17)7-3-4-10-9-14-13-6-5-11(15)8-12(10)13/h5-6,8-9,14-15H,2-4,7H2,1H3. The highest BCUT2D eigenvalue weighted by Gasteiger charge is 2.09. The van der Waals surface area contributed by atoms with E-state index in [2.05, 4.69) is 4.98 Å². The Morgan fingerprint density at radius 2 is 2.11 bits per heavy atom. The lowest BCUT2D eigenvalue weighted by atomic mass is 10.1. The lowest BCUT2D eigenvalue weighted by molar-refractivity contribution is 0.476. The van der Waals surface area contributed by atoms with E-state index < -0.39 is 9.84 Å². The van der Waals surface area contributed by atoms with Gasteiger partial charge in [-0.3, -0.25) is 0 Å². The number of phenolic OH excluding ortho intramolecular Hbond substituents is 1. The number of phenols is 1. The third kappa shape index (κ3) is 2.85. The molecule has 5 heteroatoms. The van der Waals surface area contributed by atoms with E-state index in [1.807, 2.05) is 12.3 Å². The number of hydrogen-bond donors (Lipinski definition) is 2. The number of aromatic hydroxyl groups is 1. The fourth-order valence-electron chi connectivity index (χ4n) is 2.00. The maximum Gasteiger partial charge on any atom is 0.150 e. The molecule has 0 aliphatic carbocycles. The Labute approximate surface area is 107 Å². The monoisotopic (exact) mass is 267 g/mol. The molecule has 0 unspecified atom stereocenters. The predicted octanol–water partition coefficient (Wildman–Crippen LogP) is 2.24. The van der Waals surface area contributed by atoms with Gasteiger partial charge in [0, 0.05) is 22.9 Å². The molecule has 1 aromatic heterocycles. The van der Waals surface area contributed by atoms with Crippen LogP contribution >= 0.6 is 0 Å². The second-order valence-electron chi connectivity index (χ2n) is 4.38. The fourth-order valence-corrected chi connectivity index (χ4v) is 2.87. The second-order valence-corrected chi connectivity index (χ2v) is 6.86. The van der Waals surface area contributed by atoms with E-state index in [1.165, 1.54) is 0 Å². The number of fused-ring (bicyclic) bond motifs is 1. The van der Waals surface area contributed by atoms with Crippen LogP contribution in [0.5, 0.6) is 5.75 Å². The van der Waals surface area contributed by atoms with Gasteiger partial charge in [0.25, 0.3) is 0 Å². The summed E-state index contributed by atoms with van der Waals surface area (Å²) in [6.07, 6.45) is 3.18. The van der Waals surface area contributed by atoms with Crippen molar-refractivity contribution in [3.8, 4) is 5.75 Å². The summed E-state index contributed by atoms with van der Waals surface area (Å²) in [5, 5.41) is 10.4. The molecule has 98 valence electrons. The van der Waals surface area contributed by atoms with Gasteiger partial charge < -0.3 is 10.1 Å². The average molecular weight is 267 g/mol. The van der Waals surface area contributed by atoms with Crippen LogP contribution in [0.25, 0.3) is 10.9 Å². The minimum absolute atomic E-state index is 0.196. The lowest BCUT2D eigenvalue weighted by Gasteiger charge is -2.01. The molecule has 0 saturated carbocycles. The van der Waals surface area contributed by atoms with E-state index in [9.17, 15) is 13.5 Å². The Kier molecular flexibility index (Phi) is 3.61. The van der Waals surface area contributed by atoms with Crippen LogP contribution in [-0.4, -0.2) is 30.0 Å². The number of hydrogen-bond acceptors (Lipinski definition) is 3. The molecule has 0 aliphatic heterocycles. The van der Waals surface area contributed by atoms with E-state index in [4.69, 9.17) is 0 Å². The SMILES string of the molecule is CCS(=O)(=O)CCCc1c[nH]c2ccc(O)cc12. The van der Waals surface area contributed by atoms with E-state index in [1.54, 1.807) is 19.1 Å². The van der Waals surface area contributed by atoms with Crippen molar-refractivity contribution < 1.29 is 13.5 Å².